The first-order chi connectivity index (χ1) is 8.22. The van der Waals surface area contributed by atoms with Crippen LogP contribution in [0.15, 0.2) is 36.4 Å². The number of nitrogens with two attached hydrogens (primary N) is 1. The number of aromatic carboxylic acids is 1. The van der Waals surface area contributed by atoms with Gasteiger partial charge in [0, 0.05) is 6.54 Å². The van der Waals surface area contributed by atoms with Gasteiger partial charge in [0.2, 0.25) is 0 Å². The van der Waals surface area contributed by atoms with Crippen LogP contribution >= 0.6 is 0 Å². The molecule has 0 aliphatic heterocycles. The molecular weight excluding hydrogens is 218 g/mol. The predicted molar refractivity (Wildman–Crippen MR) is 65.5 cm³/mol. The molecule has 4 heteroatoms. The molecule has 17 heavy (non-hydrogen) atoms. The second-order valence-electron chi connectivity index (χ2n) is 3.64. The fraction of sp³-hybridized carbons (Fsp3) is 0.154. The summed E-state index contributed by atoms with van der Waals surface area (Å²) in [5.41, 5.74) is 5.51. The molecule has 0 aromatic heterocycles. The van der Waals surface area contributed by atoms with Crippen molar-refractivity contribution in [3.8, 4) is 5.75 Å². The Bertz CT molecular complexity index is 551. The molecule has 0 atom stereocenters. The van der Waals surface area contributed by atoms with Crippen LogP contribution in [0.5, 0.6) is 5.75 Å². The number of carboxylic acids is 1. The number of benzene rings is 2. The van der Waals surface area contributed by atoms with Crippen LogP contribution in [0.25, 0.3) is 10.8 Å². The standard InChI is InChI=1S/C13H13NO3/c14-5-6-17-12-8-10-4-2-1-3-9(10)7-11(12)13(15)16/h1-4,7-8H,5-6,14H2,(H,15,16). The van der Waals surface area contributed by atoms with Crippen LogP contribution in [0.4, 0.5) is 0 Å². The summed E-state index contributed by atoms with van der Waals surface area (Å²) in [7, 11) is 0. The third kappa shape index (κ3) is 2.37. The van der Waals surface area contributed by atoms with Crippen LogP contribution in [-0.2, 0) is 0 Å². The zero-order chi connectivity index (χ0) is 12.3. The number of hydrogen-bond acceptors (Lipinski definition) is 3. The van der Waals surface area contributed by atoms with Crippen molar-refractivity contribution < 1.29 is 14.6 Å². The van der Waals surface area contributed by atoms with Gasteiger partial charge in [-0.1, -0.05) is 24.3 Å². The number of ether oxygens (including phenoxy) is 1. The zero-order valence-electron chi connectivity index (χ0n) is 9.22. The largest absolute Gasteiger partial charge is 0.491 e. The highest BCUT2D eigenvalue weighted by Gasteiger charge is 2.12. The van der Waals surface area contributed by atoms with Gasteiger partial charge in [-0.05, 0) is 22.9 Å². The van der Waals surface area contributed by atoms with Crippen LogP contribution in [0.1, 0.15) is 10.4 Å². The molecule has 2 aromatic rings. The van der Waals surface area contributed by atoms with Crippen LogP contribution in [0, 0.1) is 0 Å². The van der Waals surface area contributed by atoms with Crippen molar-refractivity contribution in [2.45, 2.75) is 0 Å². The van der Waals surface area contributed by atoms with Gasteiger partial charge in [0.05, 0.1) is 0 Å². The van der Waals surface area contributed by atoms with E-state index in [4.69, 9.17) is 15.6 Å². The second-order valence-corrected chi connectivity index (χ2v) is 3.64. The molecule has 0 heterocycles. The molecule has 0 bridgehead atoms. The van der Waals surface area contributed by atoms with Crippen molar-refractivity contribution in [2.75, 3.05) is 13.2 Å². The van der Waals surface area contributed by atoms with Gasteiger partial charge >= 0.3 is 5.97 Å². The monoisotopic (exact) mass is 231 g/mol. The molecular formula is C13H13NO3. The highest BCUT2D eigenvalue weighted by Crippen LogP contribution is 2.26. The van der Waals surface area contributed by atoms with E-state index in [0.717, 1.165) is 10.8 Å². The number of fused-ring (bicyclic) bond motifs is 1. The lowest BCUT2D eigenvalue weighted by molar-refractivity contribution is 0.0692. The van der Waals surface area contributed by atoms with Gasteiger partial charge in [-0.2, -0.15) is 0 Å². The average Bonchev–Trinajstić information content (AvgIpc) is 2.35. The number of rotatable bonds is 4. The molecule has 3 N–H and O–H groups in total. The Balaban J connectivity index is 2.54. The fourth-order valence-corrected chi connectivity index (χ4v) is 1.67. The van der Waals surface area contributed by atoms with Gasteiger partial charge in [0.1, 0.15) is 17.9 Å². The lowest BCUT2D eigenvalue weighted by Crippen LogP contribution is -2.12. The van der Waals surface area contributed by atoms with Gasteiger partial charge < -0.3 is 15.6 Å². The van der Waals surface area contributed by atoms with E-state index in [9.17, 15) is 4.79 Å². The van der Waals surface area contributed by atoms with Gasteiger partial charge in [0.15, 0.2) is 0 Å². The van der Waals surface area contributed by atoms with Crippen molar-refractivity contribution in [1.82, 2.24) is 0 Å². The molecule has 0 aliphatic rings. The lowest BCUT2D eigenvalue weighted by atomic mass is 10.1. The van der Waals surface area contributed by atoms with E-state index < -0.39 is 5.97 Å². The first-order valence-electron chi connectivity index (χ1n) is 5.31. The summed E-state index contributed by atoms with van der Waals surface area (Å²) in [6, 6.07) is 10.9. The summed E-state index contributed by atoms with van der Waals surface area (Å²) in [5, 5.41) is 10.9. The summed E-state index contributed by atoms with van der Waals surface area (Å²) in [4.78, 5) is 11.1. The summed E-state index contributed by atoms with van der Waals surface area (Å²) in [6.45, 7) is 0.657. The average molecular weight is 231 g/mol. The summed E-state index contributed by atoms with van der Waals surface area (Å²) in [5.74, 6) is -0.635. The predicted octanol–water partition coefficient (Wildman–Crippen LogP) is 1.88. The van der Waals surface area contributed by atoms with E-state index in [1.54, 1.807) is 12.1 Å². The minimum atomic E-state index is -0.997. The van der Waals surface area contributed by atoms with Crippen molar-refractivity contribution in [1.29, 1.82) is 0 Å². The molecule has 4 nitrogen and oxygen atoms in total. The molecule has 0 saturated carbocycles. The van der Waals surface area contributed by atoms with E-state index in [1.165, 1.54) is 0 Å². The maximum atomic E-state index is 11.1. The summed E-state index contributed by atoms with van der Waals surface area (Å²) < 4.78 is 5.35. The highest BCUT2D eigenvalue weighted by molar-refractivity contribution is 5.97. The minimum absolute atomic E-state index is 0.164. The van der Waals surface area contributed by atoms with Crippen LogP contribution in [-0.4, -0.2) is 24.2 Å². The Morgan fingerprint density at radius 2 is 1.88 bits per heavy atom. The van der Waals surface area contributed by atoms with Gasteiger partial charge in [0.25, 0.3) is 0 Å². The van der Waals surface area contributed by atoms with E-state index in [0.29, 0.717) is 18.9 Å². The van der Waals surface area contributed by atoms with Crippen LogP contribution < -0.4 is 10.5 Å². The Hall–Kier alpha value is -2.07. The Morgan fingerprint density at radius 3 is 2.47 bits per heavy atom. The zero-order valence-corrected chi connectivity index (χ0v) is 9.22. The van der Waals surface area contributed by atoms with Gasteiger partial charge in [-0.15, -0.1) is 0 Å². The Morgan fingerprint density at radius 1 is 1.24 bits per heavy atom. The van der Waals surface area contributed by atoms with Crippen molar-refractivity contribution in [2.24, 2.45) is 5.73 Å². The lowest BCUT2D eigenvalue weighted by Gasteiger charge is -2.09. The molecule has 0 amide bonds. The number of carbonyl (C=O) groups is 1. The molecule has 0 unspecified atom stereocenters. The minimum Gasteiger partial charge on any atom is -0.491 e. The third-order valence-electron chi connectivity index (χ3n) is 2.45. The maximum Gasteiger partial charge on any atom is 0.339 e. The molecule has 0 saturated heterocycles. The van der Waals surface area contributed by atoms with Crippen LogP contribution in [0.3, 0.4) is 0 Å². The Labute approximate surface area is 98.6 Å². The molecule has 2 rings (SSSR count). The molecule has 88 valence electrons. The normalized spacial score (nSPS) is 10.4. The van der Waals surface area contributed by atoms with Crippen molar-refractivity contribution >= 4 is 16.7 Å². The Kier molecular flexibility index (Phi) is 3.25. The molecule has 0 spiro atoms. The molecule has 2 aromatic carbocycles. The van der Waals surface area contributed by atoms with E-state index >= 15 is 0 Å². The molecule has 0 radical (unpaired) electrons. The quantitative estimate of drug-likeness (QED) is 0.842. The number of hydrogen-bond donors (Lipinski definition) is 2. The highest BCUT2D eigenvalue weighted by atomic mass is 16.5. The first kappa shape index (κ1) is 11.4. The van der Waals surface area contributed by atoms with E-state index in [-0.39, 0.29) is 5.56 Å². The van der Waals surface area contributed by atoms with E-state index in [2.05, 4.69) is 0 Å². The fourth-order valence-electron chi connectivity index (χ4n) is 1.67. The molecule has 0 aliphatic carbocycles. The van der Waals surface area contributed by atoms with Gasteiger partial charge in [-0.3, -0.25) is 0 Å². The molecule has 0 fully saturated rings. The first-order valence-corrected chi connectivity index (χ1v) is 5.31. The SMILES string of the molecule is NCCOc1cc2ccccc2cc1C(=O)O. The summed E-state index contributed by atoms with van der Waals surface area (Å²) in [6.07, 6.45) is 0. The topological polar surface area (TPSA) is 72.5 Å². The maximum absolute atomic E-state index is 11.1. The smallest absolute Gasteiger partial charge is 0.339 e. The number of carboxylic acid groups (broad SMARTS) is 1. The van der Waals surface area contributed by atoms with Crippen molar-refractivity contribution in [3.05, 3.63) is 42.0 Å². The van der Waals surface area contributed by atoms with Crippen molar-refractivity contribution in [3.63, 3.8) is 0 Å². The van der Waals surface area contributed by atoms with Gasteiger partial charge in [-0.25, -0.2) is 4.79 Å². The second kappa shape index (κ2) is 4.84. The van der Waals surface area contributed by atoms with E-state index in [1.807, 2.05) is 24.3 Å². The third-order valence-corrected chi connectivity index (χ3v) is 2.45. The van der Waals surface area contributed by atoms with Crippen LogP contribution in [0.2, 0.25) is 0 Å². The summed E-state index contributed by atoms with van der Waals surface area (Å²) >= 11 is 0.